The van der Waals surface area contributed by atoms with Crippen LogP contribution in [0.15, 0.2) is 29.5 Å². The summed E-state index contributed by atoms with van der Waals surface area (Å²) in [5.74, 6) is 0. The fraction of sp³-hybridized carbons (Fsp3) is 0.286. The minimum atomic E-state index is 1.14. The van der Waals surface area contributed by atoms with E-state index < -0.39 is 0 Å². The van der Waals surface area contributed by atoms with Crippen molar-refractivity contribution >= 4 is 9.24 Å². The Morgan fingerprint density at radius 2 is 2.50 bits per heavy atom. The lowest BCUT2D eigenvalue weighted by Gasteiger charge is -1.87. The first-order valence-electron chi connectivity index (χ1n) is 2.76. The molecule has 0 aromatic rings. The van der Waals surface area contributed by atoms with E-state index in [1.165, 1.54) is 5.57 Å². The standard InChI is InChI=1S/C7H9P/c8-6-5-7-3-1-2-4-7/h1-3H,5-6,8H2. The van der Waals surface area contributed by atoms with Crippen LogP contribution in [0, 0.1) is 0 Å². The Bertz CT molecular complexity index is 159. The summed E-state index contributed by atoms with van der Waals surface area (Å²) in [4.78, 5) is 0. The van der Waals surface area contributed by atoms with Gasteiger partial charge < -0.3 is 0 Å². The van der Waals surface area contributed by atoms with Gasteiger partial charge in [0.05, 0.1) is 0 Å². The summed E-state index contributed by atoms with van der Waals surface area (Å²) in [6, 6.07) is 0. The van der Waals surface area contributed by atoms with Crippen LogP contribution in [-0.4, -0.2) is 6.16 Å². The van der Waals surface area contributed by atoms with Crippen LogP contribution >= 0.6 is 9.24 Å². The van der Waals surface area contributed by atoms with Gasteiger partial charge in [-0.2, -0.15) is 0 Å². The SMILES string of the molecule is PCCC1=C=CC=C1. The smallest absolute Gasteiger partial charge is 0.00568 e. The summed E-state index contributed by atoms with van der Waals surface area (Å²) in [7, 11) is 2.70. The molecule has 0 saturated heterocycles. The highest BCUT2D eigenvalue weighted by Crippen LogP contribution is 2.07. The zero-order valence-electron chi connectivity index (χ0n) is 4.72. The van der Waals surface area contributed by atoms with Gasteiger partial charge in [0.25, 0.3) is 0 Å². The molecule has 1 aliphatic carbocycles. The summed E-state index contributed by atoms with van der Waals surface area (Å²) < 4.78 is 0. The first-order valence-corrected chi connectivity index (χ1v) is 3.57. The largest absolute Gasteiger partial charge is 0.137 e. The fourth-order valence-electron chi connectivity index (χ4n) is 0.679. The van der Waals surface area contributed by atoms with E-state index in [-0.39, 0.29) is 0 Å². The Hall–Kier alpha value is -0.310. The average molecular weight is 124 g/mol. The van der Waals surface area contributed by atoms with Crippen molar-refractivity contribution in [3.63, 3.8) is 0 Å². The molecule has 0 aliphatic heterocycles. The molecule has 1 heteroatoms. The zero-order valence-corrected chi connectivity index (χ0v) is 5.88. The van der Waals surface area contributed by atoms with E-state index in [9.17, 15) is 0 Å². The maximum Gasteiger partial charge on any atom is -0.00568 e. The Labute approximate surface area is 52.2 Å². The molecule has 0 aromatic carbocycles. The molecule has 0 saturated carbocycles. The normalized spacial score (nSPS) is 14.9. The first-order chi connectivity index (χ1) is 3.93. The molecule has 1 rings (SSSR count). The monoisotopic (exact) mass is 124 g/mol. The second-order valence-electron chi connectivity index (χ2n) is 1.73. The van der Waals surface area contributed by atoms with Crippen molar-refractivity contribution in [3.05, 3.63) is 29.5 Å². The predicted octanol–water partition coefficient (Wildman–Crippen LogP) is 1.90. The van der Waals surface area contributed by atoms with Gasteiger partial charge in [-0.15, -0.1) is 15.0 Å². The lowest BCUT2D eigenvalue weighted by atomic mass is 10.2. The van der Waals surface area contributed by atoms with Gasteiger partial charge in [0, 0.05) is 0 Å². The van der Waals surface area contributed by atoms with Gasteiger partial charge in [-0.25, -0.2) is 0 Å². The zero-order chi connectivity index (χ0) is 5.82. The third-order valence-corrected chi connectivity index (χ3v) is 1.36. The molecule has 8 heavy (non-hydrogen) atoms. The highest BCUT2D eigenvalue weighted by Gasteiger charge is 1.89. The highest BCUT2D eigenvalue weighted by molar-refractivity contribution is 7.16. The molecule has 1 atom stereocenters. The molecule has 1 aliphatic rings. The first kappa shape index (κ1) is 5.82. The molecule has 42 valence electrons. The van der Waals surface area contributed by atoms with Crippen molar-refractivity contribution in [2.75, 3.05) is 6.16 Å². The van der Waals surface area contributed by atoms with Gasteiger partial charge in [0.1, 0.15) is 0 Å². The van der Waals surface area contributed by atoms with Crippen LogP contribution in [0.5, 0.6) is 0 Å². The Morgan fingerprint density at radius 1 is 1.62 bits per heavy atom. The van der Waals surface area contributed by atoms with E-state index in [0.717, 1.165) is 12.6 Å². The summed E-state index contributed by atoms with van der Waals surface area (Å²) >= 11 is 0. The van der Waals surface area contributed by atoms with Crippen LogP contribution in [0.4, 0.5) is 0 Å². The molecule has 0 bridgehead atoms. The maximum absolute atomic E-state index is 3.12. The Balaban J connectivity index is 2.48. The lowest BCUT2D eigenvalue weighted by Crippen LogP contribution is -1.73. The molecule has 0 amide bonds. The van der Waals surface area contributed by atoms with E-state index in [0.29, 0.717) is 0 Å². The number of hydrogen-bond acceptors (Lipinski definition) is 0. The third kappa shape index (κ3) is 1.33. The van der Waals surface area contributed by atoms with Crippen molar-refractivity contribution in [3.8, 4) is 0 Å². The van der Waals surface area contributed by atoms with E-state index in [2.05, 4.69) is 21.0 Å². The minimum absolute atomic E-state index is 1.14. The van der Waals surface area contributed by atoms with Crippen molar-refractivity contribution in [1.82, 2.24) is 0 Å². The molecule has 0 spiro atoms. The van der Waals surface area contributed by atoms with Crippen LogP contribution in [0.1, 0.15) is 6.42 Å². The fourth-order valence-corrected chi connectivity index (χ4v) is 0.990. The van der Waals surface area contributed by atoms with Crippen LogP contribution in [0.2, 0.25) is 0 Å². The van der Waals surface area contributed by atoms with Crippen molar-refractivity contribution < 1.29 is 0 Å². The van der Waals surface area contributed by atoms with Crippen LogP contribution in [-0.2, 0) is 0 Å². The second-order valence-corrected chi connectivity index (χ2v) is 2.31. The van der Waals surface area contributed by atoms with Crippen molar-refractivity contribution in [1.29, 1.82) is 0 Å². The molecular formula is C7H9P. The van der Waals surface area contributed by atoms with Crippen molar-refractivity contribution in [2.24, 2.45) is 0 Å². The van der Waals surface area contributed by atoms with Crippen molar-refractivity contribution in [2.45, 2.75) is 6.42 Å². The number of rotatable bonds is 2. The molecule has 0 heterocycles. The minimum Gasteiger partial charge on any atom is -0.137 e. The molecule has 1 unspecified atom stereocenters. The van der Waals surface area contributed by atoms with Gasteiger partial charge in [-0.1, -0.05) is 12.2 Å². The molecule has 0 radical (unpaired) electrons. The Kier molecular flexibility index (Phi) is 2.09. The molecule has 0 fully saturated rings. The van der Waals surface area contributed by atoms with E-state index in [1.807, 2.05) is 12.2 Å². The molecule has 0 nitrogen and oxygen atoms in total. The van der Waals surface area contributed by atoms with E-state index in [4.69, 9.17) is 0 Å². The third-order valence-electron chi connectivity index (χ3n) is 1.08. The van der Waals surface area contributed by atoms with Gasteiger partial charge in [0.2, 0.25) is 0 Å². The van der Waals surface area contributed by atoms with Crippen LogP contribution < -0.4 is 0 Å². The van der Waals surface area contributed by atoms with Gasteiger partial charge in [0.15, 0.2) is 0 Å². The molecule has 0 aromatic heterocycles. The van der Waals surface area contributed by atoms with Gasteiger partial charge >= 0.3 is 0 Å². The maximum atomic E-state index is 3.12. The quantitative estimate of drug-likeness (QED) is 0.389. The topological polar surface area (TPSA) is 0 Å². The second kappa shape index (κ2) is 2.87. The van der Waals surface area contributed by atoms with Gasteiger partial charge in [-0.05, 0) is 24.2 Å². The summed E-state index contributed by atoms with van der Waals surface area (Å²) in [5.41, 5.74) is 4.44. The number of hydrogen-bond donors (Lipinski definition) is 0. The average Bonchev–Trinajstić information content (AvgIpc) is 2.19. The number of allylic oxidation sites excluding steroid dienone is 3. The summed E-state index contributed by atoms with van der Waals surface area (Å²) in [5, 5.41) is 0. The lowest BCUT2D eigenvalue weighted by molar-refractivity contribution is 1.18. The van der Waals surface area contributed by atoms with Gasteiger partial charge in [-0.3, -0.25) is 0 Å². The van der Waals surface area contributed by atoms with Crippen LogP contribution in [0.3, 0.4) is 0 Å². The predicted molar refractivity (Wildman–Crippen MR) is 39.9 cm³/mol. The van der Waals surface area contributed by atoms with E-state index >= 15 is 0 Å². The van der Waals surface area contributed by atoms with E-state index in [1.54, 1.807) is 0 Å². The highest BCUT2D eigenvalue weighted by atomic mass is 31.0. The molecular weight excluding hydrogens is 115 g/mol. The molecule has 0 N–H and O–H groups in total. The van der Waals surface area contributed by atoms with Crippen LogP contribution in [0.25, 0.3) is 0 Å². The summed E-state index contributed by atoms with van der Waals surface area (Å²) in [6.07, 6.45) is 8.35. The Morgan fingerprint density at radius 3 is 3.00 bits per heavy atom. The summed E-state index contributed by atoms with van der Waals surface area (Å²) in [6.45, 7) is 0.